The van der Waals surface area contributed by atoms with Gasteiger partial charge in [0, 0.05) is 5.02 Å². The van der Waals surface area contributed by atoms with E-state index in [0.717, 1.165) is 29.1 Å². The first-order valence-electron chi connectivity index (χ1n) is 6.98. The standard InChI is InChI=1S/C17H19Cl2NO/c1-3-9-20-17(12-5-4-6-14(18)10-12)13-7-8-15(19)16(11-13)21-2/h4-8,10-11,17,20H,3,9H2,1-2H3. The predicted molar refractivity (Wildman–Crippen MR) is 89.6 cm³/mol. The van der Waals surface area contributed by atoms with Gasteiger partial charge in [-0.25, -0.2) is 0 Å². The molecule has 0 radical (unpaired) electrons. The highest BCUT2D eigenvalue weighted by atomic mass is 35.5. The molecule has 0 amide bonds. The molecule has 0 spiro atoms. The van der Waals surface area contributed by atoms with Crippen LogP contribution in [0.4, 0.5) is 0 Å². The molecule has 1 unspecified atom stereocenters. The van der Waals surface area contributed by atoms with Gasteiger partial charge in [0.25, 0.3) is 0 Å². The summed E-state index contributed by atoms with van der Waals surface area (Å²) >= 11 is 12.2. The Labute approximate surface area is 136 Å². The van der Waals surface area contributed by atoms with Crippen molar-refractivity contribution in [2.24, 2.45) is 0 Å². The minimum Gasteiger partial charge on any atom is -0.495 e. The summed E-state index contributed by atoms with van der Waals surface area (Å²) in [6.07, 6.45) is 1.06. The van der Waals surface area contributed by atoms with E-state index in [1.54, 1.807) is 7.11 Å². The van der Waals surface area contributed by atoms with Gasteiger partial charge in [0.2, 0.25) is 0 Å². The number of benzene rings is 2. The minimum atomic E-state index is 0.0646. The lowest BCUT2D eigenvalue weighted by molar-refractivity contribution is 0.414. The molecule has 21 heavy (non-hydrogen) atoms. The Morgan fingerprint density at radius 1 is 1.10 bits per heavy atom. The zero-order valence-corrected chi connectivity index (χ0v) is 13.7. The topological polar surface area (TPSA) is 21.3 Å². The first kappa shape index (κ1) is 16.2. The molecule has 2 aromatic rings. The van der Waals surface area contributed by atoms with Crippen molar-refractivity contribution in [1.29, 1.82) is 0 Å². The molecule has 0 aliphatic rings. The van der Waals surface area contributed by atoms with Crippen LogP contribution in [0.25, 0.3) is 0 Å². The molecule has 1 N–H and O–H groups in total. The van der Waals surface area contributed by atoms with E-state index in [1.807, 2.05) is 36.4 Å². The van der Waals surface area contributed by atoms with Gasteiger partial charge in [0.15, 0.2) is 0 Å². The molecule has 0 saturated heterocycles. The molecule has 0 aliphatic carbocycles. The van der Waals surface area contributed by atoms with Gasteiger partial charge in [-0.1, -0.05) is 48.3 Å². The van der Waals surface area contributed by atoms with Crippen molar-refractivity contribution in [3.05, 3.63) is 63.6 Å². The first-order chi connectivity index (χ1) is 10.2. The third-order valence-electron chi connectivity index (χ3n) is 3.29. The summed E-state index contributed by atoms with van der Waals surface area (Å²) in [7, 11) is 1.62. The summed E-state index contributed by atoms with van der Waals surface area (Å²) in [6.45, 7) is 3.06. The van der Waals surface area contributed by atoms with Crippen LogP contribution < -0.4 is 10.1 Å². The van der Waals surface area contributed by atoms with E-state index >= 15 is 0 Å². The molecule has 0 aromatic heterocycles. The first-order valence-corrected chi connectivity index (χ1v) is 7.73. The van der Waals surface area contributed by atoms with Crippen LogP contribution in [0.5, 0.6) is 5.75 Å². The molecule has 2 nitrogen and oxygen atoms in total. The van der Waals surface area contributed by atoms with Gasteiger partial charge in [-0.15, -0.1) is 0 Å². The van der Waals surface area contributed by atoms with Gasteiger partial charge < -0.3 is 10.1 Å². The Bertz CT molecular complexity index is 601. The molecular weight excluding hydrogens is 305 g/mol. The molecule has 2 aromatic carbocycles. The van der Waals surface area contributed by atoms with E-state index < -0.39 is 0 Å². The van der Waals surface area contributed by atoms with Crippen LogP contribution >= 0.6 is 23.2 Å². The Hall–Kier alpha value is -1.22. The normalized spacial score (nSPS) is 12.2. The summed E-state index contributed by atoms with van der Waals surface area (Å²) in [6, 6.07) is 13.8. The number of ether oxygens (including phenoxy) is 1. The number of rotatable bonds is 6. The second-order valence-electron chi connectivity index (χ2n) is 4.84. The summed E-state index contributed by atoms with van der Waals surface area (Å²) in [4.78, 5) is 0. The molecule has 2 rings (SSSR count). The molecule has 4 heteroatoms. The van der Waals surface area contributed by atoms with Crippen LogP contribution in [0.15, 0.2) is 42.5 Å². The SMILES string of the molecule is CCCNC(c1cccc(Cl)c1)c1ccc(Cl)c(OC)c1. The largest absolute Gasteiger partial charge is 0.495 e. The van der Waals surface area contributed by atoms with Crippen molar-refractivity contribution in [3.63, 3.8) is 0 Å². The molecule has 0 bridgehead atoms. The fraction of sp³-hybridized carbons (Fsp3) is 0.294. The summed E-state index contributed by atoms with van der Waals surface area (Å²) < 4.78 is 5.31. The lowest BCUT2D eigenvalue weighted by atomic mass is 9.98. The predicted octanol–water partition coefficient (Wildman–Crippen LogP) is 5.09. The van der Waals surface area contributed by atoms with Crippen molar-refractivity contribution in [2.45, 2.75) is 19.4 Å². The fourth-order valence-electron chi connectivity index (χ4n) is 2.26. The van der Waals surface area contributed by atoms with Crippen molar-refractivity contribution in [1.82, 2.24) is 5.32 Å². The van der Waals surface area contributed by atoms with Gasteiger partial charge in [0.1, 0.15) is 5.75 Å². The minimum absolute atomic E-state index is 0.0646. The Morgan fingerprint density at radius 3 is 2.52 bits per heavy atom. The van der Waals surface area contributed by atoms with Gasteiger partial charge in [0.05, 0.1) is 18.2 Å². The highest BCUT2D eigenvalue weighted by molar-refractivity contribution is 6.32. The summed E-state index contributed by atoms with van der Waals surface area (Å²) in [5.74, 6) is 0.680. The van der Waals surface area contributed by atoms with E-state index in [1.165, 1.54) is 0 Å². The monoisotopic (exact) mass is 323 g/mol. The van der Waals surface area contributed by atoms with E-state index in [0.29, 0.717) is 10.8 Å². The van der Waals surface area contributed by atoms with Gasteiger partial charge in [-0.2, -0.15) is 0 Å². The lowest BCUT2D eigenvalue weighted by Gasteiger charge is -2.20. The third-order valence-corrected chi connectivity index (χ3v) is 3.84. The van der Waals surface area contributed by atoms with E-state index in [2.05, 4.69) is 18.3 Å². The van der Waals surface area contributed by atoms with Crippen molar-refractivity contribution in [3.8, 4) is 5.75 Å². The van der Waals surface area contributed by atoms with Gasteiger partial charge >= 0.3 is 0 Å². The zero-order valence-electron chi connectivity index (χ0n) is 12.2. The number of hydrogen-bond donors (Lipinski definition) is 1. The van der Waals surface area contributed by atoms with Gasteiger partial charge in [-0.05, 0) is 48.4 Å². The molecule has 0 aliphatic heterocycles. The fourth-order valence-corrected chi connectivity index (χ4v) is 2.65. The number of nitrogens with one attached hydrogen (secondary N) is 1. The Morgan fingerprint density at radius 2 is 1.86 bits per heavy atom. The van der Waals surface area contributed by atoms with Crippen LogP contribution in [0, 0.1) is 0 Å². The molecule has 0 fully saturated rings. The van der Waals surface area contributed by atoms with Crippen LogP contribution in [0.3, 0.4) is 0 Å². The third kappa shape index (κ3) is 4.13. The Kier molecular flexibility index (Phi) is 5.92. The highest BCUT2D eigenvalue weighted by Gasteiger charge is 2.15. The maximum absolute atomic E-state index is 6.12. The van der Waals surface area contributed by atoms with Crippen molar-refractivity contribution >= 4 is 23.2 Å². The Balaban J connectivity index is 2.40. The van der Waals surface area contributed by atoms with Crippen molar-refractivity contribution < 1.29 is 4.74 Å². The summed E-state index contributed by atoms with van der Waals surface area (Å²) in [5, 5.41) is 4.89. The van der Waals surface area contributed by atoms with Gasteiger partial charge in [-0.3, -0.25) is 0 Å². The maximum atomic E-state index is 6.12. The van der Waals surface area contributed by atoms with Crippen LogP contribution in [0.2, 0.25) is 10.0 Å². The zero-order chi connectivity index (χ0) is 15.2. The second kappa shape index (κ2) is 7.69. The average Bonchev–Trinajstić information content (AvgIpc) is 2.49. The average molecular weight is 324 g/mol. The van der Waals surface area contributed by atoms with Crippen LogP contribution in [-0.4, -0.2) is 13.7 Å². The molecule has 0 saturated carbocycles. The number of methoxy groups -OCH3 is 1. The smallest absolute Gasteiger partial charge is 0.137 e. The molecule has 112 valence electrons. The molecule has 1 atom stereocenters. The van der Waals surface area contributed by atoms with E-state index in [4.69, 9.17) is 27.9 Å². The maximum Gasteiger partial charge on any atom is 0.137 e. The number of halogens is 2. The quantitative estimate of drug-likeness (QED) is 0.799. The van der Waals surface area contributed by atoms with Crippen LogP contribution in [0.1, 0.15) is 30.5 Å². The van der Waals surface area contributed by atoms with E-state index in [-0.39, 0.29) is 6.04 Å². The molecule has 0 heterocycles. The summed E-state index contributed by atoms with van der Waals surface area (Å²) in [5.41, 5.74) is 2.23. The van der Waals surface area contributed by atoms with Crippen LogP contribution in [-0.2, 0) is 0 Å². The highest BCUT2D eigenvalue weighted by Crippen LogP contribution is 2.31. The second-order valence-corrected chi connectivity index (χ2v) is 5.68. The molecular formula is C17H19Cl2NO. The lowest BCUT2D eigenvalue weighted by Crippen LogP contribution is -2.23. The van der Waals surface area contributed by atoms with Crippen molar-refractivity contribution in [2.75, 3.05) is 13.7 Å². The number of hydrogen-bond acceptors (Lipinski definition) is 2. The van der Waals surface area contributed by atoms with E-state index in [9.17, 15) is 0 Å².